The van der Waals surface area contributed by atoms with Crippen molar-refractivity contribution in [2.24, 2.45) is 0 Å². The van der Waals surface area contributed by atoms with Gasteiger partial charge >= 0.3 is 5.91 Å². The molecule has 0 spiro atoms. The molecule has 2 aromatic rings. The van der Waals surface area contributed by atoms with Gasteiger partial charge in [0.05, 0.1) is 5.60 Å². The third kappa shape index (κ3) is 3.06. The van der Waals surface area contributed by atoms with Crippen LogP contribution in [0.2, 0.25) is 0 Å². The largest absolute Gasteiger partial charge is 0.451 e. The molecule has 2 aromatic heterocycles. The molecule has 0 aliphatic rings. The molecule has 96 valence electrons. The average molecular weight is 250 g/mol. The van der Waals surface area contributed by atoms with E-state index in [2.05, 4.69) is 10.5 Å². The minimum absolute atomic E-state index is 0.0134. The van der Waals surface area contributed by atoms with E-state index >= 15 is 0 Å². The van der Waals surface area contributed by atoms with Crippen LogP contribution in [-0.4, -0.2) is 28.2 Å². The van der Waals surface area contributed by atoms with Crippen molar-refractivity contribution in [3.63, 3.8) is 0 Å². The van der Waals surface area contributed by atoms with Gasteiger partial charge in [-0.05, 0) is 26.0 Å². The molecule has 0 aromatic carbocycles. The van der Waals surface area contributed by atoms with Crippen LogP contribution in [0.25, 0.3) is 11.0 Å². The van der Waals surface area contributed by atoms with E-state index in [-0.39, 0.29) is 12.4 Å². The smallest absolute Gasteiger partial charge is 0.310 e. The Morgan fingerprint density at radius 2 is 2.39 bits per heavy atom. The summed E-state index contributed by atoms with van der Waals surface area (Å²) in [6, 6.07) is 3.24. The number of furan rings is 1. The zero-order valence-electron chi connectivity index (χ0n) is 10.1. The number of hydroxylamine groups is 1. The summed E-state index contributed by atoms with van der Waals surface area (Å²) in [7, 11) is 0. The van der Waals surface area contributed by atoms with Gasteiger partial charge in [-0.2, -0.15) is 0 Å². The van der Waals surface area contributed by atoms with Crippen LogP contribution in [0, 0.1) is 0 Å². The number of fused-ring (bicyclic) bond motifs is 1. The molecule has 0 saturated carbocycles. The van der Waals surface area contributed by atoms with E-state index in [0.29, 0.717) is 5.58 Å². The first-order chi connectivity index (χ1) is 8.46. The van der Waals surface area contributed by atoms with Crippen molar-refractivity contribution in [2.75, 3.05) is 6.61 Å². The molecular weight excluding hydrogens is 236 g/mol. The number of hydrogen-bond donors (Lipinski definition) is 2. The quantitative estimate of drug-likeness (QED) is 0.798. The van der Waals surface area contributed by atoms with Crippen LogP contribution >= 0.6 is 0 Å². The minimum atomic E-state index is -1.01. The monoisotopic (exact) mass is 250 g/mol. The second kappa shape index (κ2) is 4.75. The number of nitrogens with zero attached hydrogens (tertiary/aromatic N) is 1. The number of aliphatic hydroxyl groups is 1. The van der Waals surface area contributed by atoms with Gasteiger partial charge in [0.25, 0.3) is 0 Å². The lowest BCUT2D eigenvalue weighted by atomic mass is 10.2. The molecule has 0 radical (unpaired) electrons. The summed E-state index contributed by atoms with van der Waals surface area (Å²) >= 11 is 0. The summed E-state index contributed by atoms with van der Waals surface area (Å²) in [6.07, 6.45) is 3.19. The van der Waals surface area contributed by atoms with Crippen LogP contribution in [0.3, 0.4) is 0 Å². The highest BCUT2D eigenvalue weighted by molar-refractivity contribution is 5.95. The van der Waals surface area contributed by atoms with Gasteiger partial charge in [0, 0.05) is 17.8 Å². The highest BCUT2D eigenvalue weighted by Gasteiger charge is 2.16. The van der Waals surface area contributed by atoms with Crippen LogP contribution in [0.4, 0.5) is 0 Å². The van der Waals surface area contributed by atoms with E-state index in [9.17, 15) is 9.90 Å². The van der Waals surface area contributed by atoms with Crippen molar-refractivity contribution in [1.29, 1.82) is 0 Å². The molecular formula is C12H14N2O4. The summed E-state index contributed by atoms with van der Waals surface area (Å²) in [5, 5.41) is 10.1. The molecule has 0 aliphatic heterocycles. The Morgan fingerprint density at radius 1 is 1.61 bits per heavy atom. The van der Waals surface area contributed by atoms with Crippen molar-refractivity contribution >= 4 is 16.9 Å². The highest BCUT2D eigenvalue weighted by Crippen LogP contribution is 2.17. The lowest BCUT2D eigenvalue weighted by molar-refractivity contribution is -0.0528. The molecule has 0 bridgehead atoms. The van der Waals surface area contributed by atoms with E-state index in [4.69, 9.17) is 9.25 Å². The van der Waals surface area contributed by atoms with E-state index in [0.717, 1.165) is 5.39 Å². The summed E-state index contributed by atoms with van der Waals surface area (Å²) in [5.74, 6) is -0.371. The second-order valence-electron chi connectivity index (χ2n) is 4.56. The Balaban J connectivity index is 2.01. The number of rotatable bonds is 4. The van der Waals surface area contributed by atoms with Crippen molar-refractivity contribution in [3.8, 4) is 0 Å². The van der Waals surface area contributed by atoms with Gasteiger partial charge in [-0.3, -0.25) is 14.6 Å². The molecule has 0 fully saturated rings. The Morgan fingerprint density at radius 3 is 3.06 bits per heavy atom. The average Bonchev–Trinajstić information content (AvgIpc) is 2.70. The van der Waals surface area contributed by atoms with Gasteiger partial charge in [0.2, 0.25) is 0 Å². The van der Waals surface area contributed by atoms with Gasteiger partial charge in [-0.25, -0.2) is 5.48 Å². The third-order valence-corrected chi connectivity index (χ3v) is 2.13. The number of pyridine rings is 1. The van der Waals surface area contributed by atoms with Crippen LogP contribution in [0.15, 0.2) is 28.9 Å². The molecule has 6 nitrogen and oxygen atoms in total. The van der Waals surface area contributed by atoms with Crippen LogP contribution in [0.5, 0.6) is 0 Å². The number of amides is 1. The van der Waals surface area contributed by atoms with Crippen LogP contribution in [-0.2, 0) is 4.84 Å². The lowest BCUT2D eigenvalue weighted by Crippen LogP contribution is -2.33. The van der Waals surface area contributed by atoms with Crippen molar-refractivity contribution in [1.82, 2.24) is 10.5 Å². The number of nitrogens with one attached hydrogen (secondary N) is 1. The number of carbonyl (C=O) groups excluding carboxylic acids is 1. The normalized spacial score (nSPS) is 11.7. The van der Waals surface area contributed by atoms with E-state index < -0.39 is 11.5 Å². The van der Waals surface area contributed by atoms with Gasteiger partial charge in [0.15, 0.2) is 5.76 Å². The highest BCUT2D eigenvalue weighted by atomic mass is 16.7. The molecule has 0 atom stereocenters. The number of hydrogen-bond acceptors (Lipinski definition) is 5. The fourth-order valence-corrected chi connectivity index (χ4v) is 1.32. The molecule has 0 aliphatic carbocycles. The molecule has 2 heterocycles. The summed E-state index contributed by atoms with van der Waals surface area (Å²) in [4.78, 5) is 20.5. The van der Waals surface area contributed by atoms with E-state index in [1.807, 2.05) is 0 Å². The predicted molar refractivity (Wildman–Crippen MR) is 63.7 cm³/mol. The maximum absolute atomic E-state index is 11.7. The van der Waals surface area contributed by atoms with E-state index in [1.165, 1.54) is 0 Å². The Hall–Kier alpha value is -1.92. The molecule has 1 amide bonds. The van der Waals surface area contributed by atoms with E-state index in [1.54, 1.807) is 38.4 Å². The van der Waals surface area contributed by atoms with Gasteiger partial charge in [0.1, 0.15) is 12.2 Å². The minimum Gasteiger partial charge on any atom is -0.451 e. The predicted octanol–water partition coefficient (Wildman–Crippen LogP) is 1.26. The second-order valence-corrected chi connectivity index (χ2v) is 4.56. The molecule has 0 saturated heterocycles. The summed E-state index contributed by atoms with van der Waals surface area (Å²) in [5.41, 5.74) is 1.78. The fourth-order valence-electron chi connectivity index (χ4n) is 1.32. The van der Waals surface area contributed by atoms with Gasteiger partial charge in [-0.15, -0.1) is 0 Å². The van der Waals surface area contributed by atoms with Gasteiger partial charge in [-0.1, -0.05) is 0 Å². The first-order valence-corrected chi connectivity index (χ1v) is 5.44. The zero-order chi connectivity index (χ0) is 13.2. The Labute approximate surface area is 104 Å². The zero-order valence-corrected chi connectivity index (χ0v) is 10.1. The molecule has 2 N–H and O–H groups in total. The van der Waals surface area contributed by atoms with Crippen molar-refractivity contribution < 1.29 is 19.2 Å². The summed E-state index contributed by atoms with van der Waals surface area (Å²) in [6.45, 7) is 3.14. The molecule has 0 unspecified atom stereocenters. The number of carbonyl (C=O) groups is 1. The standard InChI is InChI=1S/C12H14N2O4/c1-12(2,16)7-17-14-11(15)10-5-8-6-13-4-3-9(8)18-10/h3-6,16H,7H2,1-2H3,(H,14,15). The SMILES string of the molecule is CC(C)(O)CONC(=O)c1cc2cnccc2o1. The maximum atomic E-state index is 11.7. The molecule has 6 heteroatoms. The van der Waals surface area contributed by atoms with Gasteiger partial charge < -0.3 is 9.52 Å². The first kappa shape index (κ1) is 12.5. The molecule has 2 rings (SSSR count). The third-order valence-electron chi connectivity index (χ3n) is 2.13. The van der Waals surface area contributed by atoms with Crippen LogP contribution < -0.4 is 5.48 Å². The topological polar surface area (TPSA) is 84.6 Å². The molecule has 18 heavy (non-hydrogen) atoms. The Kier molecular flexibility index (Phi) is 3.31. The Bertz CT molecular complexity index is 523. The van der Waals surface area contributed by atoms with Crippen LogP contribution in [0.1, 0.15) is 24.4 Å². The summed E-state index contributed by atoms with van der Waals surface area (Å²) < 4.78 is 5.32. The maximum Gasteiger partial charge on any atom is 0.310 e. The fraction of sp³-hybridized carbons (Fsp3) is 0.333. The van der Waals surface area contributed by atoms with Crippen molar-refractivity contribution in [2.45, 2.75) is 19.4 Å². The van der Waals surface area contributed by atoms with Crippen molar-refractivity contribution in [3.05, 3.63) is 30.3 Å². The number of aromatic nitrogens is 1. The first-order valence-electron chi connectivity index (χ1n) is 5.44. The lowest BCUT2D eigenvalue weighted by Gasteiger charge is -2.16.